The lowest BCUT2D eigenvalue weighted by molar-refractivity contribution is -0.169. The molecule has 0 saturated heterocycles. The van der Waals surface area contributed by atoms with E-state index in [0.29, 0.717) is 12.0 Å². The Morgan fingerprint density at radius 1 is 1.09 bits per heavy atom. The van der Waals surface area contributed by atoms with Crippen LogP contribution in [0.4, 0.5) is 0 Å². The summed E-state index contributed by atoms with van der Waals surface area (Å²) in [5.74, 6) is -0.723. The summed E-state index contributed by atoms with van der Waals surface area (Å²) in [4.78, 5) is 24.9. The Labute approximate surface area is 131 Å². The minimum Gasteiger partial charge on any atom is -0.481 e. The first-order valence-electron chi connectivity index (χ1n) is 8.31. The topological polar surface area (TPSA) is 54.4 Å². The number of hydrogen-bond donors (Lipinski definition) is 1. The number of aliphatic carboxylic acids is 1. The van der Waals surface area contributed by atoms with Crippen LogP contribution < -0.4 is 0 Å². The largest absolute Gasteiger partial charge is 0.481 e. The molecule has 3 atom stereocenters. The molecule has 2 aliphatic rings. The molecule has 22 heavy (non-hydrogen) atoms. The van der Waals surface area contributed by atoms with Gasteiger partial charge in [-0.1, -0.05) is 50.1 Å². The van der Waals surface area contributed by atoms with Crippen LogP contribution in [0, 0.1) is 16.7 Å². The third-order valence-corrected chi connectivity index (χ3v) is 6.22. The van der Waals surface area contributed by atoms with Crippen molar-refractivity contribution in [1.82, 2.24) is 0 Å². The van der Waals surface area contributed by atoms with Gasteiger partial charge in [0.1, 0.15) is 0 Å². The fourth-order valence-corrected chi connectivity index (χ4v) is 4.73. The molecule has 0 aliphatic heterocycles. The first-order valence-corrected chi connectivity index (χ1v) is 8.31. The highest BCUT2D eigenvalue weighted by Gasteiger charge is 2.58. The fourth-order valence-electron chi connectivity index (χ4n) is 4.73. The van der Waals surface area contributed by atoms with Gasteiger partial charge in [0, 0.05) is 11.5 Å². The molecule has 0 unspecified atom stereocenters. The van der Waals surface area contributed by atoms with Crippen LogP contribution in [-0.4, -0.2) is 16.9 Å². The van der Waals surface area contributed by atoms with E-state index in [1.54, 1.807) is 0 Å². The first-order chi connectivity index (χ1) is 10.5. The van der Waals surface area contributed by atoms with Crippen molar-refractivity contribution in [2.45, 2.75) is 51.9 Å². The highest BCUT2D eigenvalue weighted by Crippen LogP contribution is 2.60. The van der Waals surface area contributed by atoms with E-state index in [9.17, 15) is 14.7 Å². The molecule has 118 valence electrons. The number of rotatable bonds is 3. The van der Waals surface area contributed by atoms with Crippen molar-refractivity contribution < 1.29 is 14.7 Å². The second kappa shape index (κ2) is 5.53. The molecule has 0 aromatic heterocycles. The number of ketones is 1. The zero-order valence-corrected chi connectivity index (χ0v) is 13.2. The second-order valence-corrected chi connectivity index (χ2v) is 7.33. The molecule has 2 fully saturated rings. The number of carboxylic acids is 1. The summed E-state index contributed by atoms with van der Waals surface area (Å²) in [5.41, 5.74) is -0.143. The van der Waals surface area contributed by atoms with Gasteiger partial charge in [0.15, 0.2) is 5.78 Å². The minimum absolute atomic E-state index is 0.119. The number of fused-ring (bicyclic) bond motifs is 1. The quantitative estimate of drug-likeness (QED) is 0.846. The van der Waals surface area contributed by atoms with Crippen molar-refractivity contribution in [1.29, 1.82) is 0 Å². The number of hydrogen-bond acceptors (Lipinski definition) is 2. The summed E-state index contributed by atoms with van der Waals surface area (Å²) >= 11 is 0. The average Bonchev–Trinajstić information content (AvgIpc) is 2.54. The number of carbonyl (C=O) groups excluding carboxylic acids is 1. The fraction of sp³-hybridized carbons (Fsp3) is 0.579. The van der Waals surface area contributed by atoms with Crippen molar-refractivity contribution in [2.75, 3.05) is 0 Å². The summed E-state index contributed by atoms with van der Waals surface area (Å²) in [7, 11) is 0. The van der Waals surface area contributed by atoms with Crippen LogP contribution >= 0.6 is 0 Å². The molecule has 1 N–H and O–H groups in total. The van der Waals surface area contributed by atoms with E-state index in [1.807, 2.05) is 30.3 Å². The average molecular weight is 300 g/mol. The van der Waals surface area contributed by atoms with Crippen molar-refractivity contribution in [3.63, 3.8) is 0 Å². The third-order valence-electron chi connectivity index (χ3n) is 6.22. The number of carbonyl (C=O) groups is 2. The van der Waals surface area contributed by atoms with Gasteiger partial charge in [0.05, 0.1) is 5.41 Å². The molecule has 3 heteroatoms. The van der Waals surface area contributed by atoms with Gasteiger partial charge in [0.2, 0.25) is 0 Å². The number of Topliss-reactive ketones (excluding diaryl/α,β-unsaturated/α-hetero) is 1. The van der Waals surface area contributed by atoms with Gasteiger partial charge in [-0.15, -0.1) is 0 Å². The van der Waals surface area contributed by atoms with Gasteiger partial charge in [-0.3, -0.25) is 9.59 Å². The van der Waals surface area contributed by atoms with Crippen LogP contribution in [0.25, 0.3) is 0 Å². The van der Waals surface area contributed by atoms with Crippen LogP contribution in [0.3, 0.4) is 0 Å². The van der Waals surface area contributed by atoms with Crippen molar-refractivity contribution in [3.8, 4) is 0 Å². The molecule has 0 amide bonds. The molecule has 0 radical (unpaired) electrons. The van der Waals surface area contributed by atoms with E-state index in [4.69, 9.17) is 0 Å². The van der Waals surface area contributed by atoms with Gasteiger partial charge >= 0.3 is 5.97 Å². The Hall–Kier alpha value is -1.64. The van der Waals surface area contributed by atoms with E-state index < -0.39 is 11.4 Å². The van der Waals surface area contributed by atoms with Crippen LogP contribution in [-0.2, 0) is 4.79 Å². The lowest BCUT2D eigenvalue weighted by Crippen LogP contribution is -2.53. The molecule has 2 saturated carbocycles. The summed E-state index contributed by atoms with van der Waals surface area (Å²) in [6.07, 6.45) is 5.95. The Kier molecular flexibility index (Phi) is 3.84. The van der Waals surface area contributed by atoms with Crippen LogP contribution in [0.5, 0.6) is 0 Å². The molecular formula is C19H24O3. The van der Waals surface area contributed by atoms with Gasteiger partial charge in [-0.05, 0) is 37.5 Å². The predicted molar refractivity (Wildman–Crippen MR) is 84.8 cm³/mol. The SMILES string of the molecule is C[C@@]12CCCC[C@]1(C(=O)O)C[C@@H](C(=O)c1ccccc1)CC2. The predicted octanol–water partition coefficient (Wildman–Crippen LogP) is 4.32. The molecule has 0 bridgehead atoms. The summed E-state index contributed by atoms with van der Waals surface area (Å²) in [5, 5.41) is 9.95. The lowest BCUT2D eigenvalue weighted by atomic mass is 9.48. The smallest absolute Gasteiger partial charge is 0.310 e. The molecule has 3 rings (SSSR count). The van der Waals surface area contributed by atoms with E-state index in [2.05, 4.69) is 6.92 Å². The van der Waals surface area contributed by atoms with Gasteiger partial charge in [-0.2, -0.15) is 0 Å². The molecular weight excluding hydrogens is 276 g/mol. The van der Waals surface area contributed by atoms with Crippen molar-refractivity contribution >= 4 is 11.8 Å². The van der Waals surface area contributed by atoms with Crippen LogP contribution in [0.1, 0.15) is 62.2 Å². The third kappa shape index (κ3) is 2.27. The molecule has 0 spiro atoms. The van der Waals surface area contributed by atoms with Crippen molar-refractivity contribution in [3.05, 3.63) is 35.9 Å². The minimum atomic E-state index is -0.710. The Morgan fingerprint density at radius 2 is 1.77 bits per heavy atom. The molecule has 0 heterocycles. The van der Waals surface area contributed by atoms with E-state index in [1.165, 1.54) is 0 Å². The zero-order valence-electron chi connectivity index (χ0n) is 13.2. The monoisotopic (exact) mass is 300 g/mol. The van der Waals surface area contributed by atoms with Crippen molar-refractivity contribution in [2.24, 2.45) is 16.7 Å². The first kappa shape index (κ1) is 15.3. The lowest BCUT2D eigenvalue weighted by Gasteiger charge is -2.54. The Bertz CT molecular complexity index is 580. The van der Waals surface area contributed by atoms with E-state index in [0.717, 1.165) is 38.5 Å². The van der Waals surface area contributed by atoms with Crippen LogP contribution in [0.2, 0.25) is 0 Å². The van der Waals surface area contributed by atoms with Gasteiger partial charge in [0.25, 0.3) is 0 Å². The van der Waals surface area contributed by atoms with Gasteiger partial charge in [-0.25, -0.2) is 0 Å². The maximum atomic E-state index is 12.8. The second-order valence-electron chi connectivity index (χ2n) is 7.33. The zero-order chi connectivity index (χ0) is 15.8. The normalized spacial score (nSPS) is 34.7. The van der Waals surface area contributed by atoms with E-state index >= 15 is 0 Å². The van der Waals surface area contributed by atoms with Gasteiger partial charge < -0.3 is 5.11 Å². The number of carboxylic acid groups (broad SMARTS) is 1. The molecule has 1 aromatic rings. The maximum absolute atomic E-state index is 12.8. The highest BCUT2D eigenvalue weighted by atomic mass is 16.4. The Balaban J connectivity index is 1.89. The Morgan fingerprint density at radius 3 is 2.45 bits per heavy atom. The summed E-state index contributed by atoms with van der Waals surface area (Å²) < 4.78 is 0. The molecule has 1 aromatic carbocycles. The molecule has 3 nitrogen and oxygen atoms in total. The van der Waals surface area contributed by atoms with Crippen LogP contribution in [0.15, 0.2) is 30.3 Å². The summed E-state index contributed by atoms with van der Waals surface area (Å²) in [6, 6.07) is 9.31. The maximum Gasteiger partial charge on any atom is 0.310 e. The standard InChI is InChI=1S/C19H24O3/c1-18-10-5-6-11-19(18,17(21)22)13-15(9-12-18)16(20)14-7-3-2-4-8-14/h2-4,7-8,15H,5-6,9-13H2,1H3,(H,21,22)/t15-,18-,19+/m0/s1. The number of benzene rings is 1. The highest BCUT2D eigenvalue weighted by molar-refractivity contribution is 5.98. The molecule has 2 aliphatic carbocycles. The van der Waals surface area contributed by atoms with E-state index in [-0.39, 0.29) is 17.1 Å². The summed E-state index contributed by atoms with van der Waals surface area (Å²) in [6.45, 7) is 2.13.